The van der Waals surface area contributed by atoms with Gasteiger partial charge in [-0.15, -0.1) is 0 Å². The normalized spacial score (nSPS) is 9.67. The number of hydrogen-bond donors (Lipinski definition) is 2. The molecule has 0 aromatic heterocycles. The van der Waals surface area contributed by atoms with E-state index in [1.54, 1.807) is 0 Å². The predicted octanol–water partition coefficient (Wildman–Crippen LogP) is 0.730. The summed E-state index contributed by atoms with van der Waals surface area (Å²) in [5.74, 6) is -1.69. The molecular formula is C10H10O5. The van der Waals surface area contributed by atoms with Gasteiger partial charge in [0.05, 0.1) is 6.42 Å². The van der Waals surface area contributed by atoms with Crippen LogP contribution in [0.4, 0.5) is 0 Å². The first-order valence-electron chi connectivity index (χ1n) is 4.21. The van der Waals surface area contributed by atoms with Crippen LogP contribution in [0.2, 0.25) is 0 Å². The van der Waals surface area contributed by atoms with Crippen LogP contribution in [0, 0.1) is 0 Å². The summed E-state index contributed by atoms with van der Waals surface area (Å²) in [6, 6.07) is 3.78. The van der Waals surface area contributed by atoms with Gasteiger partial charge in [0.2, 0.25) is 0 Å². The molecule has 1 aromatic carbocycles. The Morgan fingerprint density at radius 2 is 2.00 bits per heavy atom. The lowest BCUT2D eigenvalue weighted by molar-refractivity contribution is -0.157. The maximum atomic E-state index is 11.1. The summed E-state index contributed by atoms with van der Waals surface area (Å²) >= 11 is 0. The van der Waals surface area contributed by atoms with Gasteiger partial charge in [-0.05, 0) is 18.2 Å². The number of carbonyl (C=O) groups excluding carboxylic acids is 2. The Labute approximate surface area is 85.9 Å². The van der Waals surface area contributed by atoms with E-state index in [0.29, 0.717) is 0 Å². The molecule has 0 bridgehead atoms. The van der Waals surface area contributed by atoms with E-state index in [1.807, 2.05) is 0 Å². The molecule has 0 atom stereocenters. The number of benzene rings is 1. The SMILES string of the molecule is CC(=O)OC(=O)Cc1cc(O)ccc1O. The molecule has 0 aliphatic rings. The van der Waals surface area contributed by atoms with Crippen LogP contribution in [-0.2, 0) is 20.7 Å². The zero-order chi connectivity index (χ0) is 11.4. The van der Waals surface area contributed by atoms with Crippen LogP contribution in [-0.4, -0.2) is 22.2 Å². The second-order valence-corrected chi connectivity index (χ2v) is 2.96. The Bertz CT molecular complexity index is 397. The van der Waals surface area contributed by atoms with Crippen molar-refractivity contribution in [3.8, 4) is 11.5 Å². The fourth-order valence-corrected chi connectivity index (χ4v) is 1.07. The number of aromatic hydroxyl groups is 2. The number of phenols is 2. The molecule has 0 spiro atoms. The first-order valence-corrected chi connectivity index (χ1v) is 4.21. The second-order valence-electron chi connectivity index (χ2n) is 2.96. The molecule has 5 heteroatoms. The quantitative estimate of drug-likeness (QED) is 0.427. The highest BCUT2D eigenvalue weighted by Gasteiger charge is 2.11. The van der Waals surface area contributed by atoms with Crippen molar-refractivity contribution in [2.75, 3.05) is 0 Å². The Hall–Kier alpha value is -2.04. The van der Waals surface area contributed by atoms with Gasteiger partial charge in [0.25, 0.3) is 0 Å². The minimum Gasteiger partial charge on any atom is -0.508 e. The molecule has 0 unspecified atom stereocenters. The van der Waals surface area contributed by atoms with Gasteiger partial charge in [0.15, 0.2) is 0 Å². The van der Waals surface area contributed by atoms with Crippen LogP contribution < -0.4 is 0 Å². The van der Waals surface area contributed by atoms with E-state index in [2.05, 4.69) is 4.74 Å². The van der Waals surface area contributed by atoms with Gasteiger partial charge in [-0.2, -0.15) is 0 Å². The molecule has 5 nitrogen and oxygen atoms in total. The van der Waals surface area contributed by atoms with Crippen LogP contribution in [0.5, 0.6) is 11.5 Å². The topological polar surface area (TPSA) is 83.8 Å². The molecule has 0 saturated heterocycles. The molecule has 0 amide bonds. The number of phenolic OH excluding ortho intramolecular Hbond substituents is 2. The van der Waals surface area contributed by atoms with Crippen molar-refractivity contribution >= 4 is 11.9 Å². The summed E-state index contributed by atoms with van der Waals surface area (Å²) < 4.78 is 4.28. The summed E-state index contributed by atoms with van der Waals surface area (Å²) in [7, 11) is 0. The number of hydrogen-bond acceptors (Lipinski definition) is 5. The predicted molar refractivity (Wildman–Crippen MR) is 50.2 cm³/mol. The molecule has 1 aromatic rings. The Morgan fingerprint density at radius 3 is 2.60 bits per heavy atom. The third-order valence-electron chi connectivity index (χ3n) is 1.66. The third kappa shape index (κ3) is 3.30. The van der Waals surface area contributed by atoms with E-state index >= 15 is 0 Å². The highest BCUT2D eigenvalue weighted by Crippen LogP contribution is 2.22. The summed E-state index contributed by atoms with van der Waals surface area (Å²) in [5, 5.41) is 18.4. The van der Waals surface area contributed by atoms with Crippen molar-refractivity contribution in [1.82, 2.24) is 0 Å². The van der Waals surface area contributed by atoms with E-state index in [9.17, 15) is 14.7 Å². The summed E-state index contributed by atoms with van der Waals surface area (Å²) in [4.78, 5) is 21.5. The van der Waals surface area contributed by atoms with Crippen LogP contribution >= 0.6 is 0 Å². The molecule has 0 heterocycles. The number of ether oxygens (including phenoxy) is 1. The maximum absolute atomic E-state index is 11.1. The van der Waals surface area contributed by atoms with E-state index in [-0.39, 0.29) is 23.5 Å². The Kier molecular flexibility index (Phi) is 3.28. The maximum Gasteiger partial charge on any atom is 0.318 e. The highest BCUT2D eigenvalue weighted by molar-refractivity contribution is 5.85. The van der Waals surface area contributed by atoms with Gasteiger partial charge in [-0.25, -0.2) is 0 Å². The van der Waals surface area contributed by atoms with Gasteiger partial charge >= 0.3 is 11.9 Å². The average molecular weight is 210 g/mol. The largest absolute Gasteiger partial charge is 0.508 e. The smallest absolute Gasteiger partial charge is 0.318 e. The second kappa shape index (κ2) is 4.45. The van der Waals surface area contributed by atoms with Crippen molar-refractivity contribution in [2.24, 2.45) is 0 Å². The number of rotatable bonds is 2. The summed E-state index contributed by atoms with van der Waals surface area (Å²) in [6.07, 6.45) is -0.264. The van der Waals surface area contributed by atoms with Gasteiger partial charge in [0, 0.05) is 12.5 Å². The molecule has 0 aliphatic carbocycles. The molecule has 2 N–H and O–H groups in total. The Morgan fingerprint density at radius 1 is 1.33 bits per heavy atom. The summed E-state index contributed by atoms with van der Waals surface area (Å²) in [6.45, 7) is 1.11. The molecule has 15 heavy (non-hydrogen) atoms. The standard InChI is InChI=1S/C10H10O5/c1-6(11)15-10(14)5-7-4-8(12)2-3-9(7)13/h2-4,12-13H,5H2,1H3. The van der Waals surface area contributed by atoms with Gasteiger partial charge < -0.3 is 14.9 Å². The van der Waals surface area contributed by atoms with Crippen molar-refractivity contribution < 1.29 is 24.5 Å². The van der Waals surface area contributed by atoms with Crippen molar-refractivity contribution in [3.63, 3.8) is 0 Å². The van der Waals surface area contributed by atoms with Crippen LogP contribution in [0.25, 0.3) is 0 Å². The molecule has 0 radical (unpaired) electrons. The monoisotopic (exact) mass is 210 g/mol. The highest BCUT2D eigenvalue weighted by atomic mass is 16.6. The zero-order valence-electron chi connectivity index (χ0n) is 8.06. The zero-order valence-corrected chi connectivity index (χ0v) is 8.06. The Balaban J connectivity index is 2.76. The van der Waals surface area contributed by atoms with E-state index < -0.39 is 11.9 Å². The lowest BCUT2D eigenvalue weighted by atomic mass is 10.1. The lowest BCUT2D eigenvalue weighted by Crippen LogP contribution is -2.11. The van der Waals surface area contributed by atoms with Crippen molar-refractivity contribution in [1.29, 1.82) is 0 Å². The van der Waals surface area contributed by atoms with E-state index in [1.165, 1.54) is 18.2 Å². The van der Waals surface area contributed by atoms with Gasteiger partial charge in [-0.3, -0.25) is 9.59 Å². The van der Waals surface area contributed by atoms with E-state index in [4.69, 9.17) is 5.11 Å². The molecule has 1 rings (SSSR count). The fraction of sp³-hybridized carbons (Fsp3) is 0.200. The minimum absolute atomic E-state index is 0.0709. The van der Waals surface area contributed by atoms with Gasteiger partial charge in [0.1, 0.15) is 11.5 Å². The lowest BCUT2D eigenvalue weighted by Gasteiger charge is -2.03. The first kappa shape index (κ1) is 11.0. The first-order chi connectivity index (χ1) is 6.99. The molecule has 0 saturated carbocycles. The van der Waals surface area contributed by atoms with Crippen molar-refractivity contribution in [3.05, 3.63) is 23.8 Å². The molecule has 0 aliphatic heterocycles. The summed E-state index contributed by atoms with van der Waals surface area (Å²) in [5.41, 5.74) is 0.209. The van der Waals surface area contributed by atoms with Crippen LogP contribution in [0.1, 0.15) is 12.5 Å². The average Bonchev–Trinajstić information content (AvgIpc) is 2.10. The van der Waals surface area contributed by atoms with Crippen LogP contribution in [0.15, 0.2) is 18.2 Å². The number of carbonyl (C=O) groups is 2. The number of esters is 2. The van der Waals surface area contributed by atoms with Crippen LogP contribution in [0.3, 0.4) is 0 Å². The fourth-order valence-electron chi connectivity index (χ4n) is 1.07. The minimum atomic E-state index is -0.775. The van der Waals surface area contributed by atoms with Crippen molar-refractivity contribution in [2.45, 2.75) is 13.3 Å². The molecule has 0 fully saturated rings. The molecular weight excluding hydrogens is 200 g/mol. The van der Waals surface area contributed by atoms with E-state index in [0.717, 1.165) is 6.92 Å². The molecule has 80 valence electrons. The third-order valence-corrected chi connectivity index (χ3v) is 1.66. The van der Waals surface area contributed by atoms with Gasteiger partial charge in [-0.1, -0.05) is 0 Å².